The number of likely N-dealkylation sites (tertiary alicyclic amines) is 2. The maximum Gasteiger partial charge on any atom is 0.247 e. The molecule has 1 aromatic heterocycles. The van der Waals surface area contributed by atoms with E-state index in [1.165, 1.54) is 6.92 Å². The number of aromatic nitrogens is 1. The van der Waals surface area contributed by atoms with Gasteiger partial charge in [0.15, 0.2) is 0 Å². The molecule has 63 heavy (non-hydrogen) atoms. The molecule has 4 saturated heterocycles. The molecule has 4 aromatic rings. The highest BCUT2D eigenvalue weighted by Gasteiger charge is 2.37. The van der Waals surface area contributed by atoms with Gasteiger partial charge in [0.2, 0.25) is 29.5 Å². The van der Waals surface area contributed by atoms with Gasteiger partial charge in [0.05, 0.1) is 25.2 Å². The number of rotatable bonds is 13. The Hall–Kier alpha value is -6.32. The SMILES string of the molecule is CNCC(=O)N1CCCC1C(=O)Nc1ccc(C2CCC(c3ccc(NC(=O)[C@@H]4CCCN4C(=O)CNC(C)=O)cc3)N2c2ccc(-c3ccc(N4CCNCC4)nc3)cc2)cc1. The van der Waals surface area contributed by atoms with Crippen LogP contribution in [0.1, 0.15) is 68.7 Å². The average molecular weight is 855 g/mol. The topological polar surface area (TPSA) is 171 Å². The molecule has 4 atom stereocenters. The Labute approximate surface area is 369 Å². The molecule has 8 rings (SSSR count). The van der Waals surface area contributed by atoms with E-state index in [1.54, 1.807) is 16.8 Å². The Morgan fingerprint density at radius 1 is 0.635 bits per heavy atom. The van der Waals surface area contributed by atoms with Crippen molar-refractivity contribution < 1.29 is 24.0 Å². The molecule has 330 valence electrons. The largest absolute Gasteiger partial charge is 0.357 e. The molecule has 0 spiro atoms. The van der Waals surface area contributed by atoms with Crippen LogP contribution in [0.15, 0.2) is 91.1 Å². The second-order valence-electron chi connectivity index (χ2n) is 16.9. The number of nitrogens with zero attached hydrogens (tertiary/aromatic N) is 5. The van der Waals surface area contributed by atoms with Gasteiger partial charge in [-0.15, -0.1) is 0 Å². The van der Waals surface area contributed by atoms with Crippen LogP contribution in [-0.2, 0) is 24.0 Å². The molecule has 3 unspecified atom stereocenters. The maximum atomic E-state index is 13.4. The van der Waals surface area contributed by atoms with Gasteiger partial charge in [-0.05, 0) is 111 Å². The molecule has 4 aliphatic rings. The summed E-state index contributed by atoms with van der Waals surface area (Å²) in [5.41, 5.74) is 6.78. The average Bonchev–Trinajstić information content (AvgIpc) is 4.11. The third-order valence-corrected chi connectivity index (χ3v) is 12.8. The fraction of sp³-hybridized carbons (Fsp3) is 0.417. The number of benzene rings is 3. The number of hydrogen-bond acceptors (Lipinski definition) is 10. The predicted molar refractivity (Wildman–Crippen MR) is 244 cm³/mol. The molecular weight excluding hydrogens is 797 g/mol. The molecule has 4 aliphatic heterocycles. The molecule has 5 heterocycles. The van der Waals surface area contributed by atoms with Crippen LogP contribution in [0.25, 0.3) is 11.1 Å². The maximum absolute atomic E-state index is 13.4. The molecule has 0 bridgehead atoms. The first-order chi connectivity index (χ1) is 30.7. The number of carbonyl (C=O) groups is 5. The van der Waals surface area contributed by atoms with Gasteiger partial charge >= 0.3 is 0 Å². The van der Waals surface area contributed by atoms with Crippen LogP contribution in [0.3, 0.4) is 0 Å². The fourth-order valence-electron chi connectivity index (χ4n) is 9.55. The van der Waals surface area contributed by atoms with Gasteiger partial charge in [-0.25, -0.2) is 4.98 Å². The van der Waals surface area contributed by atoms with Crippen molar-refractivity contribution in [1.29, 1.82) is 0 Å². The summed E-state index contributed by atoms with van der Waals surface area (Å²) < 4.78 is 0. The minimum atomic E-state index is -0.592. The Bertz CT molecular complexity index is 2250. The zero-order chi connectivity index (χ0) is 43.9. The minimum Gasteiger partial charge on any atom is -0.357 e. The first kappa shape index (κ1) is 43.3. The van der Waals surface area contributed by atoms with Crippen molar-refractivity contribution in [3.05, 3.63) is 102 Å². The predicted octanol–water partition coefficient (Wildman–Crippen LogP) is 4.46. The quantitative estimate of drug-likeness (QED) is 0.130. The molecule has 15 heteroatoms. The van der Waals surface area contributed by atoms with Gasteiger partial charge in [-0.2, -0.15) is 0 Å². The number of amides is 5. The van der Waals surface area contributed by atoms with E-state index in [1.807, 2.05) is 30.5 Å². The van der Waals surface area contributed by atoms with Crippen LogP contribution < -0.4 is 36.4 Å². The Morgan fingerprint density at radius 3 is 1.65 bits per heavy atom. The summed E-state index contributed by atoms with van der Waals surface area (Å²) in [7, 11) is 1.73. The molecule has 0 saturated carbocycles. The van der Waals surface area contributed by atoms with Gasteiger partial charge in [0.1, 0.15) is 17.9 Å². The zero-order valence-corrected chi connectivity index (χ0v) is 36.1. The summed E-state index contributed by atoms with van der Waals surface area (Å²) in [4.78, 5) is 76.4. The van der Waals surface area contributed by atoms with Crippen LogP contribution in [0, 0.1) is 0 Å². The van der Waals surface area contributed by atoms with Gasteiger partial charge < -0.3 is 46.2 Å². The zero-order valence-electron chi connectivity index (χ0n) is 36.1. The van der Waals surface area contributed by atoms with Crippen molar-refractivity contribution in [3.63, 3.8) is 0 Å². The van der Waals surface area contributed by atoms with E-state index in [4.69, 9.17) is 4.98 Å². The third-order valence-electron chi connectivity index (χ3n) is 12.8. The van der Waals surface area contributed by atoms with Crippen LogP contribution in [-0.4, -0.2) is 116 Å². The van der Waals surface area contributed by atoms with E-state index in [-0.39, 0.29) is 54.7 Å². The number of pyridine rings is 1. The number of piperazine rings is 1. The molecular formula is C48H58N10O5. The highest BCUT2D eigenvalue weighted by Crippen LogP contribution is 2.47. The lowest BCUT2D eigenvalue weighted by atomic mass is 10.0. The standard InChI is InChI=1S/C48H58N10O5/c1-32(59)51-31-46(61)57-26-4-6-43(57)48(63)54-38-16-9-35(10-17-38)41-21-20-40(34-7-14-37(15-8-34)53-47(62)42-5-3-25-56(42)45(60)30-49-2)58(41)39-18-11-33(12-19-39)36-13-22-44(52-29-36)55-27-23-50-24-28-55/h7-19,22,29,40-43,49-50H,3-6,20-21,23-28,30-31H2,1-2H3,(H,51,59)(H,53,62)(H,54,63)/t40?,41?,42?,43-/m0/s1. The minimum absolute atomic E-state index is 0.0326. The molecule has 0 radical (unpaired) electrons. The number of hydrogen-bond donors (Lipinski definition) is 5. The number of nitrogens with one attached hydrogen (secondary N) is 5. The highest BCUT2D eigenvalue weighted by molar-refractivity contribution is 5.99. The van der Waals surface area contributed by atoms with E-state index in [2.05, 4.69) is 97.0 Å². The van der Waals surface area contributed by atoms with Crippen LogP contribution in [0.4, 0.5) is 22.9 Å². The number of likely N-dealkylation sites (N-methyl/N-ethyl adjacent to an activating group) is 1. The van der Waals surface area contributed by atoms with Gasteiger partial charge in [0, 0.05) is 75.0 Å². The smallest absolute Gasteiger partial charge is 0.247 e. The highest BCUT2D eigenvalue weighted by atomic mass is 16.2. The summed E-state index contributed by atoms with van der Waals surface area (Å²) in [6.45, 7) is 6.29. The summed E-state index contributed by atoms with van der Waals surface area (Å²) in [6, 6.07) is 27.9. The van der Waals surface area contributed by atoms with Gasteiger partial charge in [0.25, 0.3) is 0 Å². The van der Waals surface area contributed by atoms with Crippen molar-refractivity contribution in [3.8, 4) is 11.1 Å². The normalized spacial score (nSPS) is 21.0. The summed E-state index contributed by atoms with van der Waals surface area (Å²) in [6.07, 6.45) is 6.46. The molecule has 5 N–H and O–H groups in total. The molecule has 0 aliphatic carbocycles. The second-order valence-corrected chi connectivity index (χ2v) is 16.9. The van der Waals surface area contributed by atoms with Crippen molar-refractivity contribution in [1.82, 2.24) is 30.7 Å². The molecule has 3 aromatic carbocycles. The Kier molecular flexibility index (Phi) is 13.6. The molecule has 15 nitrogen and oxygen atoms in total. The van der Waals surface area contributed by atoms with E-state index in [9.17, 15) is 24.0 Å². The monoisotopic (exact) mass is 854 g/mol. The lowest BCUT2D eigenvalue weighted by Crippen LogP contribution is -2.46. The van der Waals surface area contributed by atoms with Crippen LogP contribution in [0.2, 0.25) is 0 Å². The van der Waals surface area contributed by atoms with Crippen molar-refractivity contribution >= 4 is 52.4 Å². The molecule has 5 amide bonds. The number of carbonyl (C=O) groups excluding carboxylic acids is 5. The first-order valence-electron chi connectivity index (χ1n) is 22.3. The second kappa shape index (κ2) is 19.8. The number of anilines is 4. The van der Waals surface area contributed by atoms with Crippen molar-refractivity contribution in [2.24, 2.45) is 0 Å². The van der Waals surface area contributed by atoms with E-state index < -0.39 is 12.1 Å². The van der Waals surface area contributed by atoms with E-state index in [0.29, 0.717) is 37.3 Å². The van der Waals surface area contributed by atoms with Crippen molar-refractivity contribution in [2.45, 2.75) is 69.6 Å². The fourth-order valence-corrected chi connectivity index (χ4v) is 9.55. The van der Waals surface area contributed by atoms with E-state index >= 15 is 0 Å². The third kappa shape index (κ3) is 10.00. The van der Waals surface area contributed by atoms with Crippen LogP contribution in [0.5, 0.6) is 0 Å². The summed E-state index contributed by atoms with van der Waals surface area (Å²) in [5.74, 6) is -0.0462. The Morgan fingerprint density at radius 2 is 1.16 bits per heavy atom. The Balaban J connectivity index is 1.00. The lowest BCUT2D eigenvalue weighted by Gasteiger charge is -2.33. The van der Waals surface area contributed by atoms with E-state index in [0.717, 1.165) is 85.6 Å². The summed E-state index contributed by atoms with van der Waals surface area (Å²) >= 11 is 0. The van der Waals surface area contributed by atoms with Gasteiger partial charge in [-0.3, -0.25) is 24.0 Å². The lowest BCUT2D eigenvalue weighted by molar-refractivity contribution is -0.136. The molecule has 4 fully saturated rings. The van der Waals surface area contributed by atoms with Crippen LogP contribution >= 0.6 is 0 Å². The van der Waals surface area contributed by atoms with Crippen molar-refractivity contribution in [2.75, 3.05) is 79.8 Å². The summed E-state index contributed by atoms with van der Waals surface area (Å²) in [5, 5.41) is 14.9. The first-order valence-corrected chi connectivity index (χ1v) is 22.3. The van der Waals surface area contributed by atoms with Gasteiger partial charge in [-0.1, -0.05) is 36.4 Å².